The highest BCUT2D eigenvalue weighted by Gasteiger charge is 2.25. The summed E-state index contributed by atoms with van der Waals surface area (Å²) in [6.45, 7) is 11.6. The summed E-state index contributed by atoms with van der Waals surface area (Å²) in [7, 11) is 0. The molecule has 1 N–H and O–H groups in total. The molecule has 0 aromatic carbocycles. The first-order valence-electron chi connectivity index (χ1n) is 10.2. The zero-order valence-corrected chi connectivity index (χ0v) is 16.9. The van der Waals surface area contributed by atoms with Gasteiger partial charge >= 0.3 is 0 Å². The molecule has 2 aliphatic heterocycles. The van der Waals surface area contributed by atoms with E-state index in [4.69, 9.17) is 9.15 Å². The zero-order chi connectivity index (χ0) is 19.9. The Morgan fingerprint density at radius 3 is 2.64 bits per heavy atom. The van der Waals surface area contributed by atoms with E-state index in [-0.39, 0.29) is 17.9 Å². The molecule has 2 saturated heterocycles. The maximum Gasteiger partial charge on any atom is 0.257 e. The molecule has 1 unspecified atom stereocenters. The minimum atomic E-state index is -0.0155. The lowest BCUT2D eigenvalue weighted by Crippen LogP contribution is -2.52. The van der Waals surface area contributed by atoms with Crippen LogP contribution in [-0.2, 0) is 9.53 Å². The van der Waals surface area contributed by atoms with Gasteiger partial charge in [0.25, 0.3) is 5.91 Å². The molecule has 1 atom stereocenters. The van der Waals surface area contributed by atoms with Gasteiger partial charge in [0, 0.05) is 52.4 Å². The third-order valence-corrected chi connectivity index (χ3v) is 5.17. The molecule has 0 aliphatic carbocycles. The Morgan fingerprint density at radius 2 is 1.96 bits per heavy atom. The molecule has 8 heteroatoms. The number of hydrogen-bond donors (Lipinski definition) is 1. The summed E-state index contributed by atoms with van der Waals surface area (Å²) in [6, 6.07) is 1.68. The minimum Gasteiger partial charge on any atom is -0.472 e. The van der Waals surface area contributed by atoms with Gasteiger partial charge in [-0.3, -0.25) is 19.4 Å². The highest BCUT2D eigenvalue weighted by molar-refractivity contribution is 5.93. The van der Waals surface area contributed by atoms with Crippen molar-refractivity contribution in [2.24, 2.45) is 5.92 Å². The monoisotopic (exact) mass is 392 g/mol. The molecule has 0 bridgehead atoms. The number of nitrogens with one attached hydrogen (secondary N) is 1. The van der Waals surface area contributed by atoms with Crippen LogP contribution in [0.1, 0.15) is 24.2 Å². The average molecular weight is 393 g/mol. The van der Waals surface area contributed by atoms with Crippen LogP contribution in [0.2, 0.25) is 0 Å². The van der Waals surface area contributed by atoms with Crippen molar-refractivity contribution in [3.8, 4) is 0 Å². The zero-order valence-electron chi connectivity index (χ0n) is 16.9. The molecule has 8 nitrogen and oxygen atoms in total. The van der Waals surface area contributed by atoms with Crippen molar-refractivity contribution < 1.29 is 18.7 Å². The van der Waals surface area contributed by atoms with E-state index in [0.717, 1.165) is 26.2 Å². The number of piperazine rings is 1. The molecule has 0 saturated carbocycles. The van der Waals surface area contributed by atoms with Crippen LogP contribution >= 0.6 is 0 Å². The molecule has 2 aliphatic rings. The van der Waals surface area contributed by atoms with E-state index in [9.17, 15) is 9.59 Å². The maximum atomic E-state index is 12.3. The Kier molecular flexibility index (Phi) is 7.47. The molecule has 0 spiro atoms. The lowest BCUT2D eigenvalue weighted by atomic mass is 10.2. The first-order valence-corrected chi connectivity index (χ1v) is 10.2. The van der Waals surface area contributed by atoms with Crippen LogP contribution in [0.25, 0.3) is 0 Å². The third-order valence-electron chi connectivity index (χ3n) is 5.17. The molecule has 156 valence electrons. The second-order valence-electron chi connectivity index (χ2n) is 8.03. The summed E-state index contributed by atoms with van der Waals surface area (Å²) in [5.41, 5.74) is 0.574. The van der Waals surface area contributed by atoms with Crippen LogP contribution in [-0.4, -0.2) is 98.1 Å². The third kappa shape index (κ3) is 6.05. The Labute approximate surface area is 166 Å². The van der Waals surface area contributed by atoms with Crippen molar-refractivity contribution in [1.29, 1.82) is 0 Å². The number of carbonyl (C=O) groups excluding carboxylic acids is 2. The first kappa shape index (κ1) is 20.8. The van der Waals surface area contributed by atoms with Crippen molar-refractivity contribution >= 4 is 11.8 Å². The van der Waals surface area contributed by atoms with Gasteiger partial charge in [-0.25, -0.2) is 0 Å². The highest BCUT2D eigenvalue weighted by Crippen LogP contribution is 2.10. The number of rotatable bonds is 7. The molecule has 2 fully saturated rings. The number of nitrogens with zero attached hydrogens (tertiary/aromatic N) is 3. The summed E-state index contributed by atoms with van der Waals surface area (Å²) in [6.07, 6.45) is 3.03. The standard InChI is InChI=1S/C20H32N4O4/c1-16(2)12-23-8-10-28-18(13-23)11-21-19(25)14-22-4-6-24(7-5-22)20(26)17-3-9-27-15-17/h3,9,15-16,18H,4-8,10-14H2,1-2H3,(H,21,25). The fourth-order valence-electron chi connectivity index (χ4n) is 3.75. The minimum absolute atomic E-state index is 0.0131. The fraction of sp³-hybridized carbons (Fsp3) is 0.700. The van der Waals surface area contributed by atoms with Gasteiger partial charge in [0.1, 0.15) is 6.26 Å². The average Bonchev–Trinajstić information content (AvgIpc) is 3.21. The van der Waals surface area contributed by atoms with Gasteiger partial charge in [-0.1, -0.05) is 13.8 Å². The summed E-state index contributed by atoms with van der Waals surface area (Å²) in [5.74, 6) is 0.629. The van der Waals surface area contributed by atoms with Gasteiger partial charge < -0.3 is 19.4 Å². The van der Waals surface area contributed by atoms with Gasteiger partial charge in [0.05, 0.1) is 31.1 Å². The highest BCUT2D eigenvalue weighted by atomic mass is 16.5. The van der Waals surface area contributed by atoms with Crippen molar-refractivity contribution in [3.63, 3.8) is 0 Å². The topological polar surface area (TPSA) is 78.3 Å². The van der Waals surface area contributed by atoms with Gasteiger partial charge in [-0.2, -0.15) is 0 Å². The molecular weight excluding hydrogens is 360 g/mol. The summed E-state index contributed by atoms with van der Waals surface area (Å²) in [5, 5.41) is 3.00. The maximum absolute atomic E-state index is 12.3. The first-order chi connectivity index (χ1) is 13.5. The van der Waals surface area contributed by atoms with E-state index in [2.05, 4.69) is 29.0 Å². The number of ether oxygens (including phenoxy) is 1. The van der Waals surface area contributed by atoms with Gasteiger partial charge in [-0.15, -0.1) is 0 Å². The molecule has 0 radical (unpaired) electrons. The van der Waals surface area contributed by atoms with Crippen molar-refractivity contribution in [2.45, 2.75) is 20.0 Å². The molecule has 3 rings (SSSR count). The lowest BCUT2D eigenvalue weighted by Gasteiger charge is -2.35. The quantitative estimate of drug-likeness (QED) is 0.729. The van der Waals surface area contributed by atoms with E-state index in [1.165, 1.54) is 12.5 Å². The van der Waals surface area contributed by atoms with Crippen molar-refractivity contribution in [2.75, 3.05) is 65.5 Å². The predicted octanol–water partition coefficient (Wildman–Crippen LogP) is 0.510. The second kappa shape index (κ2) is 10.0. The summed E-state index contributed by atoms with van der Waals surface area (Å²) in [4.78, 5) is 30.9. The van der Waals surface area contributed by atoms with Crippen LogP contribution in [0, 0.1) is 5.92 Å². The number of carbonyl (C=O) groups is 2. The SMILES string of the molecule is CC(C)CN1CCOC(CNC(=O)CN2CCN(C(=O)c3ccoc3)CC2)C1. The molecule has 2 amide bonds. The largest absolute Gasteiger partial charge is 0.472 e. The Bertz CT molecular complexity index is 626. The van der Waals surface area contributed by atoms with E-state index in [0.29, 0.717) is 50.7 Å². The van der Waals surface area contributed by atoms with Gasteiger partial charge in [-0.05, 0) is 12.0 Å². The molecule has 1 aromatic heterocycles. The molecule has 28 heavy (non-hydrogen) atoms. The van der Waals surface area contributed by atoms with E-state index in [1.54, 1.807) is 11.0 Å². The number of hydrogen-bond acceptors (Lipinski definition) is 6. The molecule has 3 heterocycles. The predicted molar refractivity (Wildman–Crippen MR) is 105 cm³/mol. The summed E-state index contributed by atoms with van der Waals surface area (Å²) >= 11 is 0. The van der Waals surface area contributed by atoms with Crippen LogP contribution in [0.4, 0.5) is 0 Å². The smallest absolute Gasteiger partial charge is 0.257 e. The number of furan rings is 1. The van der Waals surface area contributed by atoms with Crippen LogP contribution < -0.4 is 5.32 Å². The van der Waals surface area contributed by atoms with Crippen molar-refractivity contribution in [3.05, 3.63) is 24.2 Å². The van der Waals surface area contributed by atoms with E-state index in [1.807, 2.05) is 0 Å². The van der Waals surface area contributed by atoms with E-state index < -0.39 is 0 Å². The molecular formula is C20H32N4O4. The van der Waals surface area contributed by atoms with E-state index >= 15 is 0 Å². The number of amides is 2. The summed E-state index contributed by atoms with van der Waals surface area (Å²) < 4.78 is 10.8. The number of morpholine rings is 1. The second-order valence-corrected chi connectivity index (χ2v) is 8.03. The van der Waals surface area contributed by atoms with Crippen LogP contribution in [0.15, 0.2) is 23.0 Å². The van der Waals surface area contributed by atoms with Gasteiger partial charge in [0.2, 0.25) is 5.91 Å². The molecule has 1 aromatic rings. The Hall–Kier alpha value is -1.90. The normalized spacial score (nSPS) is 21.8. The van der Waals surface area contributed by atoms with Crippen molar-refractivity contribution in [1.82, 2.24) is 20.0 Å². The Balaban J connectivity index is 1.34. The lowest BCUT2D eigenvalue weighted by molar-refractivity contribution is -0.123. The Morgan fingerprint density at radius 1 is 1.18 bits per heavy atom. The van der Waals surface area contributed by atoms with Gasteiger partial charge in [0.15, 0.2) is 0 Å². The van der Waals surface area contributed by atoms with Crippen LogP contribution in [0.3, 0.4) is 0 Å². The van der Waals surface area contributed by atoms with Crippen LogP contribution in [0.5, 0.6) is 0 Å². The fourth-order valence-corrected chi connectivity index (χ4v) is 3.75.